The van der Waals surface area contributed by atoms with E-state index < -0.39 is 0 Å². The van der Waals surface area contributed by atoms with Gasteiger partial charge in [0.15, 0.2) is 5.82 Å². The van der Waals surface area contributed by atoms with Gasteiger partial charge in [-0.3, -0.25) is 0 Å². The van der Waals surface area contributed by atoms with Gasteiger partial charge >= 0.3 is 0 Å². The van der Waals surface area contributed by atoms with Crippen LogP contribution in [-0.4, -0.2) is 21.7 Å². The summed E-state index contributed by atoms with van der Waals surface area (Å²) in [4.78, 5) is 6.86. The molecule has 2 heterocycles. The van der Waals surface area contributed by atoms with Crippen LogP contribution in [0.25, 0.3) is 0 Å². The van der Waals surface area contributed by atoms with Crippen LogP contribution in [0.15, 0.2) is 48.7 Å². The Kier molecular flexibility index (Phi) is 4.06. The Hall–Kier alpha value is -2.95. The third kappa shape index (κ3) is 3.18. The van der Waals surface area contributed by atoms with E-state index in [4.69, 9.17) is 0 Å². The predicted octanol–water partition coefficient (Wildman–Crippen LogP) is 3.79. The summed E-state index contributed by atoms with van der Waals surface area (Å²) >= 11 is 0. The molecule has 5 nitrogen and oxygen atoms in total. The van der Waals surface area contributed by atoms with Gasteiger partial charge in [-0.15, -0.1) is 5.10 Å². The van der Waals surface area contributed by atoms with Crippen molar-refractivity contribution in [2.75, 3.05) is 16.8 Å². The van der Waals surface area contributed by atoms with Gasteiger partial charge in [0.1, 0.15) is 0 Å². The number of nitrogens with zero attached hydrogens (tertiary/aromatic N) is 4. The van der Waals surface area contributed by atoms with Crippen molar-refractivity contribution in [1.29, 1.82) is 0 Å². The van der Waals surface area contributed by atoms with Gasteiger partial charge in [-0.2, -0.15) is 10.1 Å². The van der Waals surface area contributed by atoms with Crippen molar-refractivity contribution in [1.82, 2.24) is 15.2 Å². The lowest BCUT2D eigenvalue weighted by Gasteiger charge is -2.28. The van der Waals surface area contributed by atoms with Crippen LogP contribution in [0.4, 0.5) is 17.5 Å². The van der Waals surface area contributed by atoms with E-state index >= 15 is 0 Å². The first-order valence-electron chi connectivity index (χ1n) is 8.55. The van der Waals surface area contributed by atoms with E-state index in [-0.39, 0.29) is 0 Å². The average molecular weight is 331 g/mol. The summed E-state index contributed by atoms with van der Waals surface area (Å²) in [7, 11) is 0. The summed E-state index contributed by atoms with van der Waals surface area (Å²) in [6.07, 6.45) is 2.68. The van der Waals surface area contributed by atoms with E-state index in [2.05, 4.69) is 75.6 Å². The van der Waals surface area contributed by atoms with Gasteiger partial charge in [0, 0.05) is 18.8 Å². The van der Waals surface area contributed by atoms with Gasteiger partial charge in [0.25, 0.3) is 0 Å². The molecule has 0 bridgehead atoms. The second-order valence-corrected chi connectivity index (χ2v) is 6.45. The van der Waals surface area contributed by atoms with Crippen LogP contribution in [-0.2, 0) is 13.0 Å². The molecule has 25 heavy (non-hydrogen) atoms. The fourth-order valence-electron chi connectivity index (χ4n) is 3.18. The highest BCUT2D eigenvalue weighted by Crippen LogP contribution is 2.24. The minimum absolute atomic E-state index is 0.671. The quantitative estimate of drug-likeness (QED) is 0.791. The maximum Gasteiger partial charge on any atom is 0.247 e. The van der Waals surface area contributed by atoms with Crippen LogP contribution in [0.5, 0.6) is 0 Å². The number of hydrogen-bond acceptors (Lipinski definition) is 5. The van der Waals surface area contributed by atoms with Crippen LogP contribution in [0.1, 0.15) is 22.3 Å². The molecular weight excluding hydrogens is 310 g/mol. The molecule has 0 atom stereocenters. The zero-order chi connectivity index (χ0) is 17.2. The summed E-state index contributed by atoms with van der Waals surface area (Å²) in [5.74, 6) is 1.39. The molecule has 0 aliphatic carbocycles. The number of rotatable bonds is 3. The van der Waals surface area contributed by atoms with Crippen molar-refractivity contribution in [2.45, 2.75) is 26.8 Å². The monoisotopic (exact) mass is 331 g/mol. The SMILES string of the molecule is Cc1cccc(Nc2cnnc(N3CCc4ccccc4C3)n2)c1C. The molecule has 0 saturated carbocycles. The van der Waals surface area contributed by atoms with Crippen LogP contribution in [0.2, 0.25) is 0 Å². The molecule has 1 aliphatic rings. The number of nitrogens with one attached hydrogen (secondary N) is 1. The first-order chi connectivity index (χ1) is 12.2. The van der Waals surface area contributed by atoms with E-state index in [1.165, 1.54) is 22.3 Å². The first kappa shape index (κ1) is 15.6. The van der Waals surface area contributed by atoms with Gasteiger partial charge in [0.2, 0.25) is 5.95 Å². The molecule has 1 aromatic heterocycles. The molecule has 0 radical (unpaired) electrons. The molecule has 0 fully saturated rings. The number of aryl methyl sites for hydroxylation is 1. The summed E-state index contributed by atoms with van der Waals surface area (Å²) in [5.41, 5.74) is 6.27. The van der Waals surface area contributed by atoms with E-state index in [0.29, 0.717) is 5.95 Å². The third-order valence-corrected chi connectivity index (χ3v) is 4.83. The average Bonchev–Trinajstić information content (AvgIpc) is 2.65. The van der Waals surface area contributed by atoms with Crippen molar-refractivity contribution in [3.05, 3.63) is 70.9 Å². The normalized spacial score (nSPS) is 13.4. The largest absolute Gasteiger partial charge is 0.339 e. The molecule has 1 N–H and O–H groups in total. The zero-order valence-corrected chi connectivity index (χ0v) is 14.5. The fraction of sp³-hybridized carbons (Fsp3) is 0.250. The molecule has 4 rings (SSSR count). The Morgan fingerprint density at radius 2 is 1.84 bits per heavy atom. The summed E-state index contributed by atoms with van der Waals surface area (Å²) in [6, 6.07) is 14.8. The number of hydrogen-bond donors (Lipinski definition) is 1. The van der Waals surface area contributed by atoms with Crippen molar-refractivity contribution in [2.24, 2.45) is 0 Å². The van der Waals surface area contributed by atoms with Crippen LogP contribution in [0, 0.1) is 13.8 Å². The Bertz CT molecular complexity index is 906. The fourth-order valence-corrected chi connectivity index (χ4v) is 3.18. The van der Waals surface area contributed by atoms with Gasteiger partial charge in [-0.1, -0.05) is 36.4 Å². The molecule has 1 aliphatic heterocycles. The van der Waals surface area contributed by atoms with Gasteiger partial charge in [-0.25, -0.2) is 0 Å². The van der Waals surface area contributed by atoms with Gasteiger partial charge < -0.3 is 10.2 Å². The topological polar surface area (TPSA) is 53.9 Å². The smallest absolute Gasteiger partial charge is 0.247 e. The van der Waals surface area contributed by atoms with E-state index in [1.54, 1.807) is 6.20 Å². The number of benzene rings is 2. The highest BCUT2D eigenvalue weighted by molar-refractivity contribution is 5.62. The van der Waals surface area contributed by atoms with Crippen LogP contribution < -0.4 is 10.2 Å². The van der Waals surface area contributed by atoms with Crippen molar-refractivity contribution < 1.29 is 0 Å². The van der Waals surface area contributed by atoms with Crippen molar-refractivity contribution in [3.63, 3.8) is 0 Å². The highest BCUT2D eigenvalue weighted by Gasteiger charge is 2.18. The van der Waals surface area contributed by atoms with Crippen molar-refractivity contribution in [3.8, 4) is 0 Å². The van der Waals surface area contributed by atoms with Crippen LogP contribution >= 0.6 is 0 Å². The molecular formula is C20H21N5. The third-order valence-electron chi connectivity index (χ3n) is 4.83. The second kappa shape index (κ2) is 6.51. The van der Waals surface area contributed by atoms with E-state index in [0.717, 1.165) is 31.0 Å². The van der Waals surface area contributed by atoms with Gasteiger partial charge in [-0.05, 0) is 48.6 Å². The molecule has 0 unspecified atom stereocenters. The molecule has 2 aromatic carbocycles. The summed E-state index contributed by atoms with van der Waals surface area (Å²) in [6.45, 7) is 5.94. The number of fused-ring (bicyclic) bond motifs is 1. The number of anilines is 3. The maximum atomic E-state index is 4.68. The maximum absolute atomic E-state index is 4.68. The summed E-state index contributed by atoms with van der Waals surface area (Å²) < 4.78 is 0. The predicted molar refractivity (Wildman–Crippen MR) is 100 cm³/mol. The molecule has 5 heteroatoms. The van der Waals surface area contributed by atoms with Gasteiger partial charge in [0.05, 0.1) is 6.20 Å². The lowest BCUT2D eigenvalue weighted by Crippen LogP contribution is -2.32. The molecule has 3 aromatic rings. The van der Waals surface area contributed by atoms with E-state index in [9.17, 15) is 0 Å². The molecule has 126 valence electrons. The molecule has 0 saturated heterocycles. The summed E-state index contributed by atoms with van der Waals surface area (Å²) in [5, 5.41) is 11.8. The van der Waals surface area contributed by atoms with Crippen molar-refractivity contribution >= 4 is 17.5 Å². The Morgan fingerprint density at radius 1 is 1.00 bits per heavy atom. The molecule has 0 amide bonds. The standard InChI is InChI=1S/C20H21N5/c1-14-6-5-9-18(15(14)2)22-19-12-21-24-20(23-19)25-11-10-16-7-3-4-8-17(16)13-25/h3-9,12H,10-11,13H2,1-2H3,(H,22,23,24). The second-order valence-electron chi connectivity index (χ2n) is 6.45. The lowest BCUT2D eigenvalue weighted by molar-refractivity contribution is 0.698. The Balaban J connectivity index is 1.57. The Morgan fingerprint density at radius 3 is 2.72 bits per heavy atom. The lowest BCUT2D eigenvalue weighted by atomic mass is 10.0. The molecule has 0 spiro atoms. The minimum atomic E-state index is 0.671. The zero-order valence-electron chi connectivity index (χ0n) is 14.5. The van der Waals surface area contributed by atoms with E-state index in [1.807, 2.05) is 6.07 Å². The minimum Gasteiger partial charge on any atom is -0.339 e. The highest BCUT2D eigenvalue weighted by atomic mass is 15.3. The Labute approximate surface area is 147 Å². The number of aromatic nitrogens is 3. The van der Waals surface area contributed by atoms with Crippen LogP contribution in [0.3, 0.4) is 0 Å². The first-order valence-corrected chi connectivity index (χ1v) is 8.55.